The largest absolute Gasteiger partial charge is 0.493 e. The molecular formula is C19H26BrIN6O2. The molecule has 29 heavy (non-hydrogen) atoms. The van der Waals surface area contributed by atoms with Crippen LogP contribution < -0.4 is 19.7 Å². The van der Waals surface area contributed by atoms with E-state index < -0.39 is 0 Å². The highest BCUT2D eigenvalue weighted by Crippen LogP contribution is 2.33. The van der Waals surface area contributed by atoms with Gasteiger partial charge < -0.3 is 24.6 Å². The molecule has 0 atom stereocenters. The molecule has 3 rings (SSSR count). The fraction of sp³-hybridized carbons (Fsp3) is 0.421. The molecule has 8 nitrogen and oxygen atoms in total. The van der Waals surface area contributed by atoms with Crippen LogP contribution in [0.25, 0.3) is 0 Å². The molecule has 1 aliphatic rings. The lowest BCUT2D eigenvalue weighted by molar-refractivity contribution is 0.354. The van der Waals surface area contributed by atoms with Gasteiger partial charge in [-0.3, -0.25) is 4.99 Å². The summed E-state index contributed by atoms with van der Waals surface area (Å²) < 4.78 is 11.7. The summed E-state index contributed by atoms with van der Waals surface area (Å²) in [5.41, 5.74) is 1.06. The summed E-state index contributed by atoms with van der Waals surface area (Å²) in [6.45, 7) is 4.03. The number of hydrogen-bond acceptors (Lipinski definition) is 6. The quantitative estimate of drug-likeness (QED) is 0.333. The fourth-order valence-corrected chi connectivity index (χ4v) is 3.57. The van der Waals surface area contributed by atoms with Gasteiger partial charge in [-0.25, -0.2) is 9.97 Å². The van der Waals surface area contributed by atoms with Crippen molar-refractivity contribution < 1.29 is 9.47 Å². The number of guanidine groups is 1. The number of ether oxygens (including phenoxy) is 2. The van der Waals surface area contributed by atoms with Crippen LogP contribution in [0.3, 0.4) is 0 Å². The van der Waals surface area contributed by atoms with E-state index in [-0.39, 0.29) is 24.0 Å². The number of anilines is 1. The Morgan fingerprint density at radius 1 is 1.10 bits per heavy atom. The van der Waals surface area contributed by atoms with Gasteiger partial charge in [0.05, 0.1) is 14.2 Å². The summed E-state index contributed by atoms with van der Waals surface area (Å²) >= 11 is 3.60. The molecule has 2 aromatic rings. The Kier molecular flexibility index (Phi) is 9.21. The van der Waals surface area contributed by atoms with Crippen molar-refractivity contribution in [2.24, 2.45) is 4.99 Å². The van der Waals surface area contributed by atoms with E-state index >= 15 is 0 Å². The molecule has 0 spiro atoms. The third-order valence-corrected chi connectivity index (χ3v) is 5.35. The van der Waals surface area contributed by atoms with Gasteiger partial charge in [0, 0.05) is 56.6 Å². The summed E-state index contributed by atoms with van der Waals surface area (Å²) in [6.07, 6.45) is 3.55. The molecular weight excluding hydrogens is 551 g/mol. The molecule has 1 N–H and O–H groups in total. The number of piperazine rings is 1. The van der Waals surface area contributed by atoms with Gasteiger partial charge in [0.15, 0.2) is 17.5 Å². The molecule has 1 aromatic heterocycles. The Morgan fingerprint density at radius 2 is 1.72 bits per heavy atom. The molecule has 0 bridgehead atoms. The van der Waals surface area contributed by atoms with Gasteiger partial charge in [0.1, 0.15) is 0 Å². The number of methoxy groups -OCH3 is 2. The van der Waals surface area contributed by atoms with Crippen molar-refractivity contribution >= 4 is 51.8 Å². The van der Waals surface area contributed by atoms with Crippen molar-refractivity contribution in [2.75, 3.05) is 52.3 Å². The molecule has 0 aliphatic carbocycles. The van der Waals surface area contributed by atoms with Crippen LogP contribution in [0.15, 0.2) is 40.1 Å². The summed E-state index contributed by atoms with van der Waals surface area (Å²) in [7, 11) is 5.07. The van der Waals surface area contributed by atoms with Crippen LogP contribution in [0.4, 0.5) is 5.95 Å². The van der Waals surface area contributed by atoms with Crippen LogP contribution in [0.2, 0.25) is 0 Å². The monoisotopic (exact) mass is 576 g/mol. The Hall–Kier alpha value is -1.82. The molecule has 0 saturated carbocycles. The maximum absolute atomic E-state index is 5.40. The lowest BCUT2D eigenvalue weighted by Gasteiger charge is -2.36. The van der Waals surface area contributed by atoms with Crippen molar-refractivity contribution in [3.8, 4) is 11.5 Å². The van der Waals surface area contributed by atoms with Gasteiger partial charge in [-0.05, 0) is 23.8 Å². The van der Waals surface area contributed by atoms with Gasteiger partial charge in [0.2, 0.25) is 5.95 Å². The smallest absolute Gasteiger partial charge is 0.225 e. The van der Waals surface area contributed by atoms with Crippen LogP contribution in [-0.2, 0) is 6.54 Å². The van der Waals surface area contributed by atoms with E-state index in [2.05, 4.69) is 46.0 Å². The first-order valence-corrected chi connectivity index (χ1v) is 9.83. The molecule has 1 aliphatic heterocycles. The van der Waals surface area contributed by atoms with Gasteiger partial charge in [-0.15, -0.1) is 24.0 Å². The van der Waals surface area contributed by atoms with E-state index in [1.165, 1.54) is 0 Å². The van der Waals surface area contributed by atoms with E-state index in [4.69, 9.17) is 9.47 Å². The second-order valence-corrected chi connectivity index (χ2v) is 7.08. The Bertz CT molecular complexity index is 816. The number of nitrogens with zero attached hydrogens (tertiary/aromatic N) is 5. The summed E-state index contributed by atoms with van der Waals surface area (Å²) in [5.74, 6) is 3.05. The second kappa shape index (κ2) is 11.4. The number of aromatic nitrogens is 2. The highest BCUT2D eigenvalue weighted by molar-refractivity contribution is 14.0. The molecule has 2 heterocycles. The zero-order valence-electron chi connectivity index (χ0n) is 16.8. The molecule has 1 fully saturated rings. The van der Waals surface area contributed by atoms with Crippen molar-refractivity contribution in [1.29, 1.82) is 0 Å². The van der Waals surface area contributed by atoms with Crippen LogP contribution in [0.1, 0.15) is 5.56 Å². The summed E-state index contributed by atoms with van der Waals surface area (Å²) in [4.78, 5) is 17.5. The maximum Gasteiger partial charge on any atom is 0.225 e. The zero-order valence-corrected chi connectivity index (χ0v) is 20.7. The van der Waals surface area contributed by atoms with E-state index in [1.54, 1.807) is 33.7 Å². The minimum absolute atomic E-state index is 0. The van der Waals surface area contributed by atoms with E-state index in [0.717, 1.165) is 48.1 Å². The SMILES string of the molecule is CN=C(NCc1cc(OC)c(OC)cc1Br)N1CCN(c2ncccn2)CC1.I. The predicted octanol–water partition coefficient (Wildman–Crippen LogP) is 2.77. The second-order valence-electron chi connectivity index (χ2n) is 6.22. The fourth-order valence-electron chi connectivity index (χ4n) is 3.11. The number of aliphatic imine (C=N–C) groups is 1. The maximum atomic E-state index is 5.40. The Labute approximate surface area is 196 Å². The number of halogens is 2. The first-order chi connectivity index (χ1) is 13.7. The Morgan fingerprint density at radius 3 is 2.31 bits per heavy atom. The molecule has 1 saturated heterocycles. The molecule has 10 heteroatoms. The third kappa shape index (κ3) is 5.84. The molecule has 0 unspecified atom stereocenters. The minimum Gasteiger partial charge on any atom is -0.493 e. The molecule has 0 radical (unpaired) electrons. The lowest BCUT2D eigenvalue weighted by atomic mass is 10.2. The first kappa shape index (κ1) is 23.5. The van der Waals surface area contributed by atoms with Gasteiger partial charge in [-0.1, -0.05) is 15.9 Å². The number of benzene rings is 1. The summed E-state index contributed by atoms with van der Waals surface area (Å²) in [6, 6.07) is 5.71. The third-order valence-electron chi connectivity index (χ3n) is 4.62. The average Bonchev–Trinajstić information content (AvgIpc) is 2.75. The number of hydrogen-bond donors (Lipinski definition) is 1. The lowest BCUT2D eigenvalue weighted by Crippen LogP contribution is -2.52. The van der Waals surface area contributed by atoms with Crippen LogP contribution in [-0.4, -0.2) is 68.3 Å². The average molecular weight is 577 g/mol. The van der Waals surface area contributed by atoms with Crippen LogP contribution in [0.5, 0.6) is 11.5 Å². The van der Waals surface area contributed by atoms with Crippen molar-refractivity contribution in [1.82, 2.24) is 20.2 Å². The minimum atomic E-state index is 0. The van der Waals surface area contributed by atoms with E-state index in [9.17, 15) is 0 Å². The van der Waals surface area contributed by atoms with Crippen LogP contribution >= 0.6 is 39.9 Å². The first-order valence-electron chi connectivity index (χ1n) is 9.04. The molecule has 1 aromatic carbocycles. The van der Waals surface area contributed by atoms with Crippen molar-refractivity contribution in [3.63, 3.8) is 0 Å². The highest BCUT2D eigenvalue weighted by Gasteiger charge is 2.21. The normalized spacial score (nSPS) is 14.3. The van der Waals surface area contributed by atoms with Gasteiger partial charge in [0.25, 0.3) is 0 Å². The topological polar surface area (TPSA) is 75.1 Å². The number of nitrogens with one attached hydrogen (secondary N) is 1. The highest BCUT2D eigenvalue weighted by atomic mass is 127. The van der Waals surface area contributed by atoms with Crippen molar-refractivity contribution in [2.45, 2.75) is 6.54 Å². The van der Waals surface area contributed by atoms with Crippen LogP contribution in [0, 0.1) is 0 Å². The standard InChI is InChI=1S/C19H25BrN6O2.HI/c1-21-18(24-13-14-11-16(27-2)17(28-3)12-15(14)20)25-7-9-26(10-8-25)19-22-5-4-6-23-19;/h4-6,11-12H,7-10,13H2,1-3H3,(H,21,24);1H. The predicted molar refractivity (Wildman–Crippen MR) is 129 cm³/mol. The molecule has 158 valence electrons. The van der Waals surface area contributed by atoms with Gasteiger partial charge in [-0.2, -0.15) is 0 Å². The van der Waals surface area contributed by atoms with Crippen molar-refractivity contribution in [3.05, 3.63) is 40.6 Å². The van der Waals surface area contributed by atoms with Gasteiger partial charge >= 0.3 is 0 Å². The van der Waals surface area contributed by atoms with E-state index in [0.29, 0.717) is 18.0 Å². The molecule has 0 amide bonds. The summed E-state index contributed by atoms with van der Waals surface area (Å²) in [5, 5.41) is 3.44. The zero-order chi connectivity index (χ0) is 19.9. The Balaban J connectivity index is 0.00000300. The van der Waals surface area contributed by atoms with E-state index in [1.807, 2.05) is 18.2 Å². The number of rotatable bonds is 5.